The Morgan fingerprint density at radius 1 is 0.750 bits per heavy atom. The number of hydrogen-bond acceptors (Lipinski definition) is 6. The van der Waals surface area contributed by atoms with E-state index in [0.717, 1.165) is 13.3 Å². The van der Waals surface area contributed by atoms with Crippen molar-refractivity contribution < 1.29 is 18.9 Å². The van der Waals surface area contributed by atoms with E-state index in [0.29, 0.717) is 27.0 Å². The maximum Gasteiger partial charge on any atom is 0.151 e. The Balaban J connectivity index is 0.000000165. The smallest absolute Gasteiger partial charge is 0.151 e. The third kappa shape index (κ3) is 7.10. The Bertz CT molecular complexity index is 157. The average molecular weight is 234 g/mol. The quantitative estimate of drug-likeness (QED) is 0.592. The average Bonchev–Trinajstić information content (AvgIpc) is 2.26. The van der Waals surface area contributed by atoms with Crippen LogP contribution in [0.3, 0.4) is 0 Å². The van der Waals surface area contributed by atoms with E-state index in [-0.39, 0.29) is 0 Å². The van der Waals surface area contributed by atoms with Gasteiger partial charge in [0.25, 0.3) is 0 Å². The SMILES string of the molecule is CN1CCCOC1.CN1COCOCOC1. The van der Waals surface area contributed by atoms with Crippen molar-refractivity contribution in [3.63, 3.8) is 0 Å². The molecule has 2 saturated heterocycles. The lowest BCUT2D eigenvalue weighted by Crippen LogP contribution is -2.28. The molecule has 0 bridgehead atoms. The van der Waals surface area contributed by atoms with Gasteiger partial charge in [0.1, 0.15) is 13.5 Å². The maximum atomic E-state index is 5.11. The van der Waals surface area contributed by atoms with Crippen molar-refractivity contribution in [2.24, 2.45) is 0 Å². The van der Waals surface area contributed by atoms with Gasteiger partial charge in [-0.05, 0) is 20.5 Å². The number of ether oxygens (including phenoxy) is 4. The van der Waals surface area contributed by atoms with Crippen LogP contribution in [0, 0.1) is 0 Å². The van der Waals surface area contributed by atoms with Gasteiger partial charge in [0.15, 0.2) is 13.6 Å². The summed E-state index contributed by atoms with van der Waals surface area (Å²) in [5.74, 6) is 0. The lowest BCUT2D eigenvalue weighted by Gasteiger charge is -2.21. The molecule has 0 aromatic rings. The molecule has 0 aromatic heterocycles. The van der Waals surface area contributed by atoms with E-state index in [1.165, 1.54) is 13.0 Å². The van der Waals surface area contributed by atoms with Crippen LogP contribution in [0.1, 0.15) is 6.42 Å². The van der Waals surface area contributed by atoms with E-state index in [4.69, 9.17) is 18.9 Å². The highest BCUT2D eigenvalue weighted by Crippen LogP contribution is 1.95. The number of hydrogen-bond donors (Lipinski definition) is 0. The van der Waals surface area contributed by atoms with Gasteiger partial charge in [0.2, 0.25) is 0 Å². The first-order chi connectivity index (χ1) is 7.79. The minimum atomic E-state index is 0.324. The fourth-order valence-corrected chi connectivity index (χ4v) is 1.30. The third-order valence-electron chi connectivity index (χ3n) is 2.10. The summed E-state index contributed by atoms with van der Waals surface area (Å²) in [6.07, 6.45) is 1.19. The summed E-state index contributed by atoms with van der Waals surface area (Å²) < 4.78 is 20.0. The monoisotopic (exact) mass is 234 g/mol. The summed E-state index contributed by atoms with van der Waals surface area (Å²) >= 11 is 0. The third-order valence-corrected chi connectivity index (χ3v) is 2.10. The van der Waals surface area contributed by atoms with Crippen molar-refractivity contribution in [1.29, 1.82) is 0 Å². The van der Waals surface area contributed by atoms with Gasteiger partial charge in [0, 0.05) is 13.2 Å². The summed E-state index contributed by atoms with van der Waals surface area (Å²) in [5, 5.41) is 0. The van der Waals surface area contributed by atoms with Crippen molar-refractivity contribution in [3.8, 4) is 0 Å². The molecule has 2 heterocycles. The summed E-state index contributed by atoms with van der Waals surface area (Å²) in [4.78, 5) is 4.09. The zero-order chi connectivity index (χ0) is 11.6. The molecule has 16 heavy (non-hydrogen) atoms. The lowest BCUT2D eigenvalue weighted by atomic mass is 10.4. The maximum absolute atomic E-state index is 5.11. The Hall–Kier alpha value is -0.240. The molecular weight excluding hydrogens is 212 g/mol. The van der Waals surface area contributed by atoms with E-state index in [9.17, 15) is 0 Å². The van der Waals surface area contributed by atoms with Crippen LogP contribution < -0.4 is 0 Å². The molecular formula is C10H22N2O4. The predicted molar refractivity (Wildman–Crippen MR) is 58.6 cm³/mol. The van der Waals surface area contributed by atoms with E-state index in [2.05, 4.69) is 11.9 Å². The highest BCUT2D eigenvalue weighted by atomic mass is 16.7. The van der Waals surface area contributed by atoms with E-state index >= 15 is 0 Å². The summed E-state index contributed by atoms with van der Waals surface area (Å²) in [6, 6.07) is 0. The second-order valence-corrected chi connectivity index (χ2v) is 3.93. The van der Waals surface area contributed by atoms with Crippen LogP contribution in [0.4, 0.5) is 0 Å². The topological polar surface area (TPSA) is 43.4 Å². The second-order valence-electron chi connectivity index (χ2n) is 3.93. The molecule has 0 atom stereocenters. The molecule has 0 spiro atoms. The first-order valence-corrected chi connectivity index (χ1v) is 5.47. The van der Waals surface area contributed by atoms with Crippen molar-refractivity contribution in [2.45, 2.75) is 6.42 Å². The Morgan fingerprint density at radius 2 is 1.38 bits per heavy atom. The van der Waals surface area contributed by atoms with Crippen LogP contribution in [0.15, 0.2) is 0 Å². The lowest BCUT2D eigenvalue weighted by molar-refractivity contribution is -0.197. The molecule has 0 saturated carbocycles. The fourth-order valence-electron chi connectivity index (χ4n) is 1.30. The number of rotatable bonds is 0. The second kappa shape index (κ2) is 8.86. The predicted octanol–water partition coefficient (Wildman–Crippen LogP) is 0.108. The van der Waals surface area contributed by atoms with E-state index in [1.54, 1.807) is 0 Å². The standard InChI is InChI=1S/C5H11NO3.C5H11NO/c1-6-2-7-4-9-5-8-3-6;1-6-3-2-4-7-5-6/h2-5H2,1H3;2-5H2,1H3. The van der Waals surface area contributed by atoms with Crippen LogP contribution in [0.5, 0.6) is 0 Å². The van der Waals surface area contributed by atoms with Crippen LogP contribution in [-0.2, 0) is 18.9 Å². The first-order valence-electron chi connectivity index (χ1n) is 5.47. The minimum Gasteiger partial charge on any atom is -0.366 e. The first kappa shape index (κ1) is 13.8. The molecule has 0 N–H and O–H groups in total. The Morgan fingerprint density at radius 3 is 1.81 bits per heavy atom. The Labute approximate surface area is 97.0 Å². The van der Waals surface area contributed by atoms with Gasteiger partial charge in [-0.25, -0.2) is 0 Å². The molecule has 6 heteroatoms. The molecule has 96 valence electrons. The molecule has 0 aromatic carbocycles. The van der Waals surface area contributed by atoms with Gasteiger partial charge in [-0.3, -0.25) is 9.80 Å². The molecule has 2 fully saturated rings. The van der Waals surface area contributed by atoms with Crippen molar-refractivity contribution in [1.82, 2.24) is 9.80 Å². The van der Waals surface area contributed by atoms with Gasteiger partial charge in [-0.15, -0.1) is 0 Å². The van der Waals surface area contributed by atoms with Crippen molar-refractivity contribution in [3.05, 3.63) is 0 Å². The molecule has 2 rings (SSSR count). The zero-order valence-corrected chi connectivity index (χ0v) is 10.2. The molecule has 0 aliphatic carbocycles. The van der Waals surface area contributed by atoms with E-state index < -0.39 is 0 Å². The van der Waals surface area contributed by atoms with Gasteiger partial charge in [-0.1, -0.05) is 0 Å². The molecule has 2 aliphatic heterocycles. The zero-order valence-electron chi connectivity index (χ0n) is 10.2. The van der Waals surface area contributed by atoms with Crippen LogP contribution in [0.2, 0.25) is 0 Å². The van der Waals surface area contributed by atoms with Gasteiger partial charge in [-0.2, -0.15) is 0 Å². The summed E-state index contributed by atoms with van der Waals surface area (Å²) in [6.45, 7) is 4.75. The van der Waals surface area contributed by atoms with Gasteiger partial charge < -0.3 is 18.9 Å². The van der Waals surface area contributed by atoms with Crippen molar-refractivity contribution >= 4 is 0 Å². The van der Waals surface area contributed by atoms with Gasteiger partial charge in [0.05, 0.1) is 6.73 Å². The molecule has 0 radical (unpaired) electrons. The van der Waals surface area contributed by atoms with E-state index in [1.807, 2.05) is 11.9 Å². The number of nitrogens with zero attached hydrogens (tertiary/aromatic N) is 2. The van der Waals surface area contributed by atoms with Crippen LogP contribution >= 0.6 is 0 Å². The highest BCUT2D eigenvalue weighted by molar-refractivity contribution is 4.49. The fraction of sp³-hybridized carbons (Fsp3) is 1.00. The van der Waals surface area contributed by atoms with Crippen LogP contribution in [-0.4, -0.2) is 70.8 Å². The molecule has 0 amide bonds. The van der Waals surface area contributed by atoms with Crippen LogP contribution in [0.25, 0.3) is 0 Å². The summed E-state index contributed by atoms with van der Waals surface area (Å²) in [5.41, 5.74) is 0. The highest BCUT2D eigenvalue weighted by Gasteiger charge is 2.02. The molecule has 2 aliphatic rings. The molecule has 0 unspecified atom stereocenters. The van der Waals surface area contributed by atoms with Gasteiger partial charge >= 0.3 is 0 Å². The van der Waals surface area contributed by atoms with Crippen molar-refractivity contribution in [2.75, 3.05) is 61.0 Å². The normalized spacial score (nSPS) is 25.1. The summed E-state index contributed by atoms with van der Waals surface area (Å²) in [7, 11) is 3.99. The largest absolute Gasteiger partial charge is 0.366 e. The minimum absolute atomic E-state index is 0.324. The Kier molecular flexibility index (Phi) is 7.65. The molecule has 6 nitrogen and oxygen atoms in total.